The highest BCUT2D eigenvalue weighted by molar-refractivity contribution is 5.81. The fourth-order valence-electron chi connectivity index (χ4n) is 3.69. The Morgan fingerprint density at radius 3 is 2.46 bits per heavy atom. The van der Waals surface area contributed by atoms with Crippen LogP contribution >= 0.6 is 0 Å². The van der Waals surface area contributed by atoms with Gasteiger partial charge in [0.1, 0.15) is 18.0 Å². The van der Waals surface area contributed by atoms with Crippen LogP contribution in [-0.2, 0) is 25.4 Å². The van der Waals surface area contributed by atoms with Gasteiger partial charge in [-0.25, -0.2) is 9.78 Å². The average molecular weight is 382 g/mol. The molecular weight excluding hydrogens is 360 g/mol. The van der Waals surface area contributed by atoms with E-state index in [1.54, 1.807) is 30.1 Å². The van der Waals surface area contributed by atoms with Crippen molar-refractivity contribution in [2.24, 2.45) is 14.1 Å². The molecule has 4 rings (SSSR count). The van der Waals surface area contributed by atoms with Crippen LogP contribution in [-0.4, -0.2) is 55.7 Å². The molecule has 0 atom stereocenters. The maximum Gasteiger partial charge on any atom is 0.332 e. The monoisotopic (exact) mass is 382 g/mol. The first-order valence-electron chi connectivity index (χ1n) is 9.16. The molecular formula is C19H22N6O3. The number of carbonyl (C=O) groups excluding carboxylic acids is 1. The standard InChI is InChI=1S/C19H22N6O3/c1-21-17-14(18(27)22(2)19(21)28)6-8-25(17)13-16(26)24-11-9-23(10-12-24)15-5-3-4-7-20-15/h3-8H,9-13H2,1-2H3. The highest BCUT2D eigenvalue weighted by Crippen LogP contribution is 2.14. The van der Waals surface area contributed by atoms with E-state index in [9.17, 15) is 14.4 Å². The van der Waals surface area contributed by atoms with Gasteiger partial charge in [-0.15, -0.1) is 0 Å². The summed E-state index contributed by atoms with van der Waals surface area (Å²) in [7, 11) is 3.06. The molecule has 1 aliphatic rings. The molecule has 0 aliphatic carbocycles. The normalized spacial score (nSPS) is 14.6. The Labute approximate surface area is 161 Å². The van der Waals surface area contributed by atoms with Crippen molar-refractivity contribution < 1.29 is 4.79 Å². The lowest BCUT2D eigenvalue weighted by molar-refractivity contribution is -0.132. The highest BCUT2D eigenvalue weighted by Gasteiger charge is 2.23. The van der Waals surface area contributed by atoms with E-state index in [4.69, 9.17) is 0 Å². The van der Waals surface area contributed by atoms with Crippen molar-refractivity contribution in [2.75, 3.05) is 31.1 Å². The first-order valence-corrected chi connectivity index (χ1v) is 9.16. The van der Waals surface area contributed by atoms with Crippen LogP contribution < -0.4 is 16.1 Å². The minimum Gasteiger partial charge on any atom is -0.353 e. The smallest absolute Gasteiger partial charge is 0.332 e. The molecule has 28 heavy (non-hydrogen) atoms. The van der Waals surface area contributed by atoms with E-state index in [0.717, 1.165) is 10.4 Å². The Hall–Kier alpha value is -3.36. The maximum atomic E-state index is 12.8. The molecule has 146 valence electrons. The number of pyridine rings is 1. The molecule has 1 amide bonds. The second-order valence-electron chi connectivity index (χ2n) is 6.94. The number of piperazine rings is 1. The van der Waals surface area contributed by atoms with Crippen molar-refractivity contribution in [3.8, 4) is 0 Å². The predicted molar refractivity (Wildman–Crippen MR) is 105 cm³/mol. The molecule has 0 bridgehead atoms. The van der Waals surface area contributed by atoms with E-state index in [-0.39, 0.29) is 18.0 Å². The Balaban J connectivity index is 1.51. The number of aryl methyl sites for hydroxylation is 1. The predicted octanol–water partition coefficient (Wildman–Crippen LogP) is -0.217. The van der Waals surface area contributed by atoms with Gasteiger partial charge < -0.3 is 14.4 Å². The molecule has 1 fully saturated rings. The van der Waals surface area contributed by atoms with Gasteiger partial charge in [-0.2, -0.15) is 0 Å². The van der Waals surface area contributed by atoms with Crippen LogP contribution in [0.5, 0.6) is 0 Å². The Bertz CT molecular complexity index is 1140. The zero-order valence-corrected chi connectivity index (χ0v) is 15.9. The number of anilines is 1. The SMILES string of the molecule is Cn1c(=O)c2ccn(CC(=O)N3CCN(c4ccccn4)CC3)c2n(C)c1=O. The minimum absolute atomic E-state index is 0.0358. The Morgan fingerprint density at radius 2 is 1.79 bits per heavy atom. The van der Waals surface area contributed by atoms with Crippen molar-refractivity contribution in [3.63, 3.8) is 0 Å². The molecule has 3 aromatic heterocycles. The number of aromatic nitrogens is 4. The van der Waals surface area contributed by atoms with Crippen LogP contribution in [0, 0.1) is 0 Å². The van der Waals surface area contributed by atoms with E-state index in [1.807, 2.05) is 23.1 Å². The quantitative estimate of drug-likeness (QED) is 0.625. The Kier molecular flexibility index (Phi) is 4.50. The molecule has 0 aromatic carbocycles. The van der Waals surface area contributed by atoms with Gasteiger partial charge in [0.2, 0.25) is 5.91 Å². The molecule has 9 nitrogen and oxygen atoms in total. The topological polar surface area (TPSA) is 85.4 Å². The van der Waals surface area contributed by atoms with Crippen molar-refractivity contribution in [1.82, 2.24) is 23.6 Å². The number of amides is 1. The highest BCUT2D eigenvalue weighted by atomic mass is 16.2. The van der Waals surface area contributed by atoms with Gasteiger partial charge in [0.25, 0.3) is 5.56 Å². The number of rotatable bonds is 3. The van der Waals surface area contributed by atoms with Crippen molar-refractivity contribution in [2.45, 2.75) is 6.54 Å². The number of hydrogen-bond acceptors (Lipinski definition) is 5. The zero-order chi connectivity index (χ0) is 19.8. The summed E-state index contributed by atoms with van der Waals surface area (Å²) in [6.07, 6.45) is 3.45. The molecule has 0 N–H and O–H groups in total. The van der Waals surface area contributed by atoms with Crippen LogP contribution in [0.25, 0.3) is 11.0 Å². The molecule has 0 unspecified atom stereocenters. The summed E-state index contributed by atoms with van der Waals surface area (Å²) in [5.74, 6) is 0.878. The second kappa shape index (κ2) is 6.99. The van der Waals surface area contributed by atoms with E-state index < -0.39 is 5.69 Å². The summed E-state index contributed by atoms with van der Waals surface area (Å²) in [6, 6.07) is 7.45. The lowest BCUT2D eigenvalue weighted by Crippen LogP contribution is -2.49. The third-order valence-electron chi connectivity index (χ3n) is 5.27. The molecule has 1 saturated heterocycles. The third-order valence-corrected chi connectivity index (χ3v) is 5.27. The summed E-state index contributed by atoms with van der Waals surface area (Å²) in [5.41, 5.74) is -0.296. The summed E-state index contributed by atoms with van der Waals surface area (Å²) in [6.45, 7) is 2.74. The van der Waals surface area contributed by atoms with Crippen molar-refractivity contribution in [3.05, 3.63) is 57.5 Å². The lowest BCUT2D eigenvalue weighted by atomic mass is 10.3. The van der Waals surface area contributed by atoms with Gasteiger partial charge in [-0.1, -0.05) is 6.07 Å². The third kappa shape index (κ3) is 2.98. The van der Waals surface area contributed by atoms with Gasteiger partial charge in [0.15, 0.2) is 0 Å². The molecule has 9 heteroatoms. The maximum absolute atomic E-state index is 12.8. The van der Waals surface area contributed by atoms with E-state index >= 15 is 0 Å². The van der Waals surface area contributed by atoms with Gasteiger partial charge >= 0.3 is 5.69 Å². The fraction of sp³-hybridized carbons (Fsp3) is 0.368. The van der Waals surface area contributed by atoms with E-state index in [1.165, 1.54) is 11.6 Å². The molecule has 4 heterocycles. The summed E-state index contributed by atoms with van der Waals surface area (Å²) in [4.78, 5) is 45.6. The van der Waals surface area contributed by atoms with Crippen molar-refractivity contribution in [1.29, 1.82) is 0 Å². The number of carbonyl (C=O) groups is 1. The van der Waals surface area contributed by atoms with Gasteiger partial charge in [-0.05, 0) is 18.2 Å². The molecule has 0 saturated carbocycles. The summed E-state index contributed by atoms with van der Waals surface area (Å²) < 4.78 is 4.15. The zero-order valence-electron chi connectivity index (χ0n) is 15.9. The second-order valence-corrected chi connectivity index (χ2v) is 6.94. The van der Waals surface area contributed by atoms with Crippen LogP contribution in [0.1, 0.15) is 0 Å². The number of hydrogen-bond donors (Lipinski definition) is 0. The Morgan fingerprint density at radius 1 is 1.04 bits per heavy atom. The number of fused-ring (bicyclic) bond motifs is 1. The lowest BCUT2D eigenvalue weighted by Gasteiger charge is -2.35. The molecule has 0 spiro atoms. The van der Waals surface area contributed by atoms with Crippen LogP contribution in [0.3, 0.4) is 0 Å². The number of nitrogens with zero attached hydrogens (tertiary/aromatic N) is 6. The van der Waals surface area contributed by atoms with Gasteiger partial charge in [0, 0.05) is 52.7 Å². The average Bonchev–Trinajstić information content (AvgIpc) is 3.15. The van der Waals surface area contributed by atoms with E-state index in [2.05, 4.69) is 9.88 Å². The van der Waals surface area contributed by atoms with Crippen molar-refractivity contribution >= 4 is 22.8 Å². The van der Waals surface area contributed by atoms with Crippen LogP contribution in [0.15, 0.2) is 46.2 Å². The molecule has 3 aromatic rings. The summed E-state index contributed by atoms with van der Waals surface area (Å²) in [5, 5.41) is 0.428. The fourth-order valence-corrected chi connectivity index (χ4v) is 3.69. The first kappa shape index (κ1) is 18.0. The molecule has 0 radical (unpaired) electrons. The van der Waals surface area contributed by atoms with E-state index in [0.29, 0.717) is 37.2 Å². The first-order chi connectivity index (χ1) is 13.5. The van der Waals surface area contributed by atoms with Gasteiger partial charge in [-0.3, -0.25) is 18.7 Å². The molecule has 1 aliphatic heterocycles. The van der Waals surface area contributed by atoms with Crippen LogP contribution in [0.4, 0.5) is 5.82 Å². The van der Waals surface area contributed by atoms with Crippen LogP contribution in [0.2, 0.25) is 0 Å². The summed E-state index contributed by atoms with van der Waals surface area (Å²) >= 11 is 0. The van der Waals surface area contributed by atoms with Gasteiger partial charge in [0.05, 0.1) is 5.39 Å². The largest absolute Gasteiger partial charge is 0.353 e. The minimum atomic E-state index is -0.408.